The zero-order valence-electron chi connectivity index (χ0n) is 10.8. The molecule has 0 bridgehead atoms. The molecule has 0 unspecified atom stereocenters. The Morgan fingerprint density at radius 2 is 1.95 bits per heavy atom. The third kappa shape index (κ3) is 3.70. The van der Waals surface area contributed by atoms with Crippen LogP contribution in [0.25, 0.3) is 0 Å². The van der Waals surface area contributed by atoms with Crippen molar-refractivity contribution in [2.24, 2.45) is 5.92 Å². The van der Waals surface area contributed by atoms with E-state index in [4.69, 9.17) is 5.11 Å². The monoisotopic (exact) mass is 312 g/mol. The summed E-state index contributed by atoms with van der Waals surface area (Å²) in [6.45, 7) is -0.103. The predicted octanol–water partition coefficient (Wildman–Crippen LogP) is 3.43. The molecular weight excluding hydrogens is 299 g/mol. The van der Waals surface area contributed by atoms with E-state index in [9.17, 15) is 26.7 Å². The normalized spacial score (nSPS) is 19.7. The second-order valence-corrected chi connectivity index (χ2v) is 5.20. The molecule has 1 aliphatic rings. The van der Waals surface area contributed by atoms with E-state index in [2.05, 4.69) is 5.10 Å². The second kappa shape index (κ2) is 5.27. The molecule has 118 valence electrons. The molecule has 1 aromatic rings. The summed E-state index contributed by atoms with van der Waals surface area (Å²) >= 11 is 0. The third-order valence-electron chi connectivity index (χ3n) is 3.56. The van der Waals surface area contributed by atoms with Crippen LogP contribution in [0.4, 0.5) is 22.0 Å². The van der Waals surface area contributed by atoms with Crippen LogP contribution >= 0.6 is 0 Å². The molecule has 1 saturated carbocycles. The fraction of sp³-hybridized carbons (Fsp3) is 0.667. The van der Waals surface area contributed by atoms with Crippen LogP contribution in [0.2, 0.25) is 0 Å². The second-order valence-electron chi connectivity index (χ2n) is 5.20. The van der Waals surface area contributed by atoms with Crippen LogP contribution in [0.15, 0.2) is 6.07 Å². The van der Waals surface area contributed by atoms with Crippen LogP contribution in [0.3, 0.4) is 0 Å². The molecule has 0 amide bonds. The fourth-order valence-electron chi connectivity index (χ4n) is 2.39. The number of halogens is 5. The predicted molar refractivity (Wildman–Crippen MR) is 61.1 cm³/mol. The van der Waals surface area contributed by atoms with Crippen LogP contribution < -0.4 is 0 Å². The molecule has 1 aromatic heterocycles. The number of carboxylic acid groups (broad SMARTS) is 1. The summed E-state index contributed by atoms with van der Waals surface area (Å²) in [6, 6.07) is 0.458. The van der Waals surface area contributed by atoms with Gasteiger partial charge in [0.1, 0.15) is 5.69 Å². The van der Waals surface area contributed by atoms with Gasteiger partial charge in [0.25, 0.3) is 0 Å². The Kier molecular flexibility index (Phi) is 3.94. The third-order valence-corrected chi connectivity index (χ3v) is 3.56. The van der Waals surface area contributed by atoms with E-state index in [1.54, 1.807) is 0 Å². The molecule has 2 rings (SSSR count). The zero-order chi connectivity index (χ0) is 15.8. The van der Waals surface area contributed by atoms with E-state index in [0.717, 1.165) is 4.68 Å². The molecule has 0 aromatic carbocycles. The smallest absolute Gasteiger partial charge is 0.435 e. The highest BCUT2D eigenvalue weighted by Gasteiger charge is 2.38. The quantitative estimate of drug-likeness (QED) is 0.870. The molecule has 0 radical (unpaired) electrons. The Morgan fingerprint density at radius 3 is 2.43 bits per heavy atom. The standard InChI is InChI=1S/C12H13F5N2O2/c13-11(14)3-1-7(2-4-11)6-19-8(10(20)21)5-9(18-19)12(15,16)17/h5,7H,1-4,6H2,(H,20,21). The van der Waals surface area contributed by atoms with Crippen molar-refractivity contribution in [2.75, 3.05) is 0 Å². The number of nitrogens with zero attached hydrogens (tertiary/aromatic N) is 2. The van der Waals surface area contributed by atoms with Crippen molar-refractivity contribution in [1.82, 2.24) is 9.78 Å². The van der Waals surface area contributed by atoms with Crippen molar-refractivity contribution in [3.8, 4) is 0 Å². The lowest BCUT2D eigenvalue weighted by Crippen LogP contribution is -2.27. The first-order valence-electron chi connectivity index (χ1n) is 6.35. The lowest BCUT2D eigenvalue weighted by molar-refractivity contribution is -0.141. The Balaban J connectivity index is 2.16. The molecule has 4 nitrogen and oxygen atoms in total. The highest BCUT2D eigenvalue weighted by molar-refractivity contribution is 5.85. The molecule has 21 heavy (non-hydrogen) atoms. The molecule has 0 saturated heterocycles. The zero-order valence-corrected chi connectivity index (χ0v) is 10.8. The van der Waals surface area contributed by atoms with Gasteiger partial charge < -0.3 is 5.11 Å². The minimum Gasteiger partial charge on any atom is -0.477 e. The summed E-state index contributed by atoms with van der Waals surface area (Å²) < 4.78 is 64.5. The molecule has 0 aliphatic heterocycles. The topological polar surface area (TPSA) is 55.1 Å². The molecule has 1 heterocycles. The van der Waals surface area contributed by atoms with Gasteiger partial charge in [0.15, 0.2) is 5.69 Å². The van der Waals surface area contributed by atoms with Crippen molar-refractivity contribution in [3.63, 3.8) is 0 Å². The van der Waals surface area contributed by atoms with Gasteiger partial charge in [0.2, 0.25) is 5.92 Å². The van der Waals surface area contributed by atoms with Crippen molar-refractivity contribution in [1.29, 1.82) is 0 Å². The van der Waals surface area contributed by atoms with E-state index in [1.807, 2.05) is 0 Å². The van der Waals surface area contributed by atoms with Crippen LogP contribution in [0.5, 0.6) is 0 Å². The van der Waals surface area contributed by atoms with Gasteiger partial charge in [-0.2, -0.15) is 18.3 Å². The molecule has 1 fully saturated rings. The molecule has 9 heteroatoms. The van der Waals surface area contributed by atoms with Gasteiger partial charge in [-0.3, -0.25) is 4.68 Å². The maximum absolute atomic E-state index is 13.0. The SMILES string of the molecule is O=C(O)c1cc(C(F)(F)F)nn1CC1CCC(F)(F)CC1. The van der Waals surface area contributed by atoms with Gasteiger partial charge in [0.05, 0.1) is 0 Å². The van der Waals surface area contributed by atoms with E-state index in [1.165, 1.54) is 0 Å². The fourth-order valence-corrected chi connectivity index (χ4v) is 2.39. The van der Waals surface area contributed by atoms with Crippen molar-refractivity contribution >= 4 is 5.97 Å². The minimum atomic E-state index is -4.74. The Morgan fingerprint density at radius 1 is 1.38 bits per heavy atom. The summed E-state index contributed by atoms with van der Waals surface area (Å²) in [7, 11) is 0. The Hall–Kier alpha value is -1.67. The highest BCUT2D eigenvalue weighted by Crippen LogP contribution is 2.37. The molecular formula is C12H13F5N2O2. The first kappa shape index (κ1) is 15.7. The first-order valence-corrected chi connectivity index (χ1v) is 6.35. The molecule has 0 atom stereocenters. The Bertz CT molecular complexity index is 528. The average molecular weight is 312 g/mol. The summed E-state index contributed by atoms with van der Waals surface area (Å²) in [4.78, 5) is 11.0. The molecule has 1 aliphatic carbocycles. The average Bonchev–Trinajstić information content (AvgIpc) is 2.76. The van der Waals surface area contributed by atoms with Gasteiger partial charge in [-0.15, -0.1) is 0 Å². The van der Waals surface area contributed by atoms with Crippen LogP contribution in [-0.4, -0.2) is 26.8 Å². The van der Waals surface area contributed by atoms with Crippen molar-refractivity contribution < 1.29 is 31.9 Å². The van der Waals surface area contributed by atoms with Crippen LogP contribution in [0, 0.1) is 5.92 Å². The minimum absolute atomic E-state index is 0.103. The van der Waals surface area contributed by atoms with E-state index in [-0.39, 0.29) is 38.1 Å². The van der Waals surface area contributed by atoms with Gasteiger partial charge in [-0.25, -0.2) is 13.6 Å². The maximum atomic E-state index is 13.0. The lowest BCUT2D eigenvalue weighted by Gasteiger charge is -2.28. The number of rotatable bonds is 3. The number of alkyl halides is 5. The number of hydrogen-bond acceptors (Lipinski definition) is 2. The highest BCUT2D eigenvalue weighted by atomic mass is 19.4. The van der Waals surface area contributed by atoms with E-state index < -0.39 is 29.5 Å². The van der Waals surface area contributed by atoms with Gasteiger partial charge in [-0.1, -0.05) is 0 Å². The Labute approximate surface area is 116 Å². The maximum Gasteiger partial charge on any atom is 0.435 e. The number of carbonyl (C=O) groups is 1. The summed E-state index contributed by atoms with van der Waals surface area (Å²) in [5, 5.41) is 12.2. The number of aromatic carboxylic acids is 1. The number of aromatic nitrogens is 2. The summed E-state index contributed by atoms with van der Waals surface area (Å²) in [6.07, 6.45) is -5.16. The number of hydrogen-bond donors (Lipinski definition) is 1. The van der Waals surface area contributed by atoms with Crippen molar-refractivity contribution in [2.45, 2.75) is 44.3 Å². The largest absolute Gasteiger partial charge is 0.477 e. The van der Waals surface area contributed by atoms with Crippen LogP contribution in [0.1, 0.15) is 41.9 Å². The van der Waals surface area contributed by atoms with Gasteiger partial charge in [-0.05, 0) is 18.8 Å². The molecule has 1 N–H and O–H groups in total. The lowest BCUT2D eigenvalue weighted by atomic mass is 9.87. The summed E-state index contributed by atoms with van der Waals surface area (Å²) in [5.74, 6) is -4.57. The van der Waals surface area contributed by atoms with Gasteiger partial charge in [0, 0.05) is 25.5 Å². The summed E-state index contributed by atoms with van der Waals surface area (Å²) in [5.41, 5.74) is -1.87. The van der Waals surface area contributed by atoms with E-state index in [0.29, 0.717) is 6.07 Å². The molecule has 0 spiro atoms. The van der Waals surface area contributed by atoms with Crippen LogP contribution in [-0.2, 0) is 12.7 Å². The first-order chi connectivity index (χ1) is 9.58. The number of carboxylic acids is 1. The van der Waals surface area contributed by atoms with Gasteiger partial charge >= 0.3 is 12.1 Å². The van der Waals surface area contributed by atoms with E-state index >= 15 is 0 Å². The van der Waals surface area contributed by atoms with Crippen molar-refractivity contribution in [3.05, 3.63) is 17.5 Å².